The molecule has 0 radical (unpaired) electrons. The van der Waals surface area contributed by atoms with E-state index in [4.69, 9.17) is 0 Å². The fourth-order valence-electron chi connectivity index (χ4n) is 2.36. The van der Waals surface area contributed by atoms with Crippen LogP contribution in [0.5, 0.6) is 0 Å². The molecule has 0 spiro atoms. The molecular formula is C12H13FO. The van der Waals surface area contributed by atoms with Crippen LogP contribution in [0, 0.1) is 11.7 Å². The summed E-state index contributed by atoms with van der Waals surface area (Å²) in [6.45, 7) is 3.88. The molecule has 0 N–H and O–H groups in total. The molecule has 0 fully saturated rings. The van der Waals surface area contributed by atoms with Gasteiger partial charge < -0.3 is 0 Å². The van der Waals surface area contributed by atoms with Crippen molar-refractivity contribution in [3.63, 3.8) is 0 Å². The SMILES string of the molecule is CCC1c2c(F)cccc2C(=O)C1C. The van der Waals surface area contributed by atoms with E-state index in [9.17, 15) is 9.18 Å². The van der Waals surface area contributed by atoms with Crippen molar-refractivity contribution in [3.05, 3.63) is 35.1 Å². The minimum absolute atomic E-state index is 0.0631. The Labute approximate surface area is 82.9 Å². The van der Waals surface area contributed by atoms with E-state index >= 15 is 0 Å². The number of carbonyl (C=O) groups excluding carboxylic acids is 1. The molecule has 1 aliphatic rings. The smallest absolute Gasteiger partial charge is 0.166 e. The van der Waals surface area contributed by atoms with Gasteiger partial charge >= 0.3 is 0 Å². The average molecular weight is 192 g/mol. The van der Waals surface area contributed by atoms with E-state index in [1.807, 2.05) is 13.8 Å². The normalized spacial score (nSPS) is 25.2. The summed E-state index contributed by atoms with van der Waals surface area (Å²) in [6.07, 6.45) is 0.820. The molecule has 1 nitrogen and oxygen atoms in total. The second-order valence-electron chi connectivity index (χ2n) is 3.87. The molecule has 0 heterocycles. The average Bonchev–Trinajstić information content (AvgIpc) is 2.43. The number of carbonyl (C=O) groups is 1. The first-order chi connectivity index (χ1) is 6.66. The standard InChI is InChI=1S/C12H13FO/c1-3-8-7(2)12(14)9-5-4-6-10(13)11(8)9/h4-8H,3H2,1-2H3. The summed E-state index contributed by atoms with van der Waals surface area (Å²) in [5.41, 5.74) is 1.22. The molecule has 0 saturated heterocycles. The summed E-state index contributed by atoms with van der Waals surface area (Å²) in [6, 6.07) is 4.77. The quantitative estimate of drug-likeness (QED) is 0.668. The summed E-state index contributed by atoms with van der Waals surface area (Å²) in [5.74, 6) is -0.135. The lowest BCUT2D eigenvalue weighted by atomic mass is 9.91. The van der Waals surface area contributed by atoms with Gasteiger partial charge in [0.15, 0.2) is 5.78 Å². The van der Waals surface area contributed by atoms with Gasteiger partial charge in [-0.1, -0.05) is 26.0 Å². The molecule has 14 heavy (non-hydrogen) atoms. The van der Waals surface area contributed by atoms with Crippen LogP contribution in [0.4, 0.5) is 4.39 Å². The summed E-state index contributed by atoms with van der Waals surface area (Å²) in [4.78, 5) is 11.8. The number of rotatable bonds is 1. The van der Waals surface area contributed by atoms with Gasteiger partial charge in [-0.15, -0.1) is 0 Å². The van der Waals surface area contributed by atoms with Gasteiger partial charge in [0, 0.05) is 17.0 Å². The lowest BCUT2D eigenvalue weighted by Gasteiger charge is -2.12. The molecule has 74 valence electrons. The van der Waals surface area contributed by atoms with Crippen molar-refractivity contribution in [2.45, 2.75) is 26.2 Å². The van der Waals surface area contributed by atoms with E-state index in [0.29, 0.717) is 11.1 Å². The third-order valence-corrected chi connectivity index (χ3v) is 3.15. The molecule has 2 atom stereocenters. The van der Waals surface area contributed by atoms with Crippen LogP contribution in [0.15, 0.2) is 18.2 Å². The zero-order chi connectivity index (χ0) is 10.3. The van der Waals surface area contributed by atoms with Gasteiger partial charge in [0.1, 0.15) is 5.82 Å². The predicted octanol–water partition coefficient (Wildman–Crippen LogP) is 3.15. The summed E-state index contributed by atoms with van der Waals surface area (Å²) < 4.78 is 13.5. The van der Waals surface area contributed by atoms with Gasteiger partial charge in [0.05, 0.1) is 0 Å². The van der Waals surface area contributed by atoms with Gasteiger partial charge in [0.2, 0.25) is 0 Å². The number of hydrogen-bond donors (Lipinski definition) is 0. The minimum atomic E-state index is -0.230. The van der Waals surface area contributed by atoms with Crippen molar-refractivity contribution in [2.24, 2.45) is 5.92 Å². The molecule has 1 aromatic rings. The van der Waals surface area contributed by atoms with Gasteiger partial charge in [-0.05, 0) is 18.4 Å². The Kier molecular flexibility index (Phi) is 2.14. The number of benzene rings is 1. The largest absolute Gasteiger partial charge is 0.294 e. The highest BCUT2D eigenvalue weighted by atomic mass is 19.1. The molecule has 2 unspecified atom stereocenters. The summed E-state index contributed by atoms with van der Waals surface area (Å²) >= 11 is 0. The van der Waals surface area contributed by atoms with E-state index < -0.39 is 0 Å². The summed E-state index contributed by atoms with van der Waals surface area (Å²) in [7, 11) is 0. The molecule has 0 amide bonds. The van der Waals surface area contributed by atoms with E-state index in [1.165, 1.54) is 6.07 Å². The van der Waals surface area contributed by atoms with Gasteiger partial charge in [0.25, 0.3) is 0 Å². The highest BCUT2D eigenvalue weighted by Gasteiger charge is 2.37. The van der Waals surface area contributed by atoms with Crippen molar-refractivity contribution >= 4 is 5.78 Å². The first-order valence-corrected chi connectivity index (χ1v) is 4.99. The molecule has 0 bridgehead atoms. The van der Waals surface area contributed by atoms with Crippen molar-refractivity contribution in [3.8, 4) is 0 Å². The molecule has 1 aromatic carbocycles. The molecule has 0 saturated carbocycles. The lowest BCUT2D eigenvalue weighted by molar-refractivity contribution is 0.0933. The van der Waals surface area contributed by atoms with Crippen LogP contribution < -0.4 is 0 Å². The molecule has 1 aliphatic carbocycles. The maximum atomic E-state index is 13.5. The van der Waals surface area contributed by atoms with E-state index in [1.54, 1.807) is 12.1 Å². The highest BCUT2D eigenvalue weighted by molar-refractivity contribution is 6.02. The summed E-state index contributed by atoms with van der Waals surface area (Å²) in [5, 5.41) is 0. The van der Waals surface area contributed by atoms with Gasteiger partial charge in [-0.2, -0.15) is 0 Å². The third-order valence-electron chi connectivity index (χ3n) is 3.15. The predicted molar refractivity (Wildman–Crippen MR) is 52.9 cm³/mol. The first kappa shape index (κ1) is 9.38. The Morgan fingerprint density at radius 3 is 2.79 bits per heavy atom. The Balaban J connectivity index is 2.62. The maximum Gasteiger partial charge on any atom is 0.166 e. The number of fused-ring (bicyclic) bond motifs is 1. The van der Waals surface area contributed by atoms with Crippen LogP contribution >= 0.6 is 0 Å². The maximum absolute atomic E-state index is 13.5. The van der Waals surface area contributed by atoms with Crippen LogP contribution in [0.1, 0.15) is 42.1 Å². The highest BCUT2D eigenvalue weighted by Crippen LogP contribution is 2.40. The Hall–Kier alpha value is -1.18. The molecule has 0 aromatic heterocycles. The third kappa shape index (κ3) is 1.10. The minimum Gasteiger partial charge on any atom is -0.294 e. The molecular weight excluding hydrogens is 179 g/mol. The van der Waals surface area contributed by atoms with Crippen LogP contribution in [-0.2, 0) is 0 Å². The number of halogens is 1. The second kappa shape index (κ2) is 3.19. The van der Waals surface area contributed by atoms with Crippen molar-refractivity contribution in [1.82, 2.24) is 0 Å². The zero-order valence-electron chi connectivity index (χ0n) is 8.38. The van der Waals surface area contributed by atoms with Crippen molar-refractivity contribution in [1.29, 1.82) is 0 Å². The van der Waals surface area contributed by atoms with Crippen molar-refractivity contribution < 1.29 is 9.18 Å². The molecule has 2 heteroatoms. The second-order valence-corrected chi connectivity index (χ2v) is 3.87. The molecule has 0 aliphatic heterocycles. The Bertz CT molecular complexity index is 384. The van der Waals surface area contributed by atoms with Crippen LogP contribution in [-0.4, -0.2) is 5.78 Å². The van der Waals surface area contributed by atoms with E-state index in [2.05, 4.69) is 0 Å². The zero-order valence-corrected chi connectivity index (χ0v) is 8.38. The van der Waals surface area contributed by atoms with Gasteiger partial charge in [-0.25, -0.2) is 4.39 Å². The number of Topliss-reactive ketones (excluding diaryl/α,β-unsaturated/α-hetero) is 1. The lowest BCUT2D eigenvalue weighted by Crippen LogP contribution is -2.08. The van der Waals surface area contributed by atoms with E-state index in [0.717, 1.165) is 6.42 Å². The van der Waals surface area contributed by atoms with Gasteiger partial charge in [-0.3, -0.25) is 4.79 Å². The Morgan fingerprint density at radius 2 is 2.14 bits per heavy atom. The van der Waals surface area contributed by atoms with Crippen LogP contribution in [0.25, 0.3) is 0 Å². The first-order valence-electron chi connectivity index (χ1n) is 4.99. The molecule has 2 rings (SSSR count). The van der Waals surface area contributed by atoms with Crippen LogP contribution in [0.2, 0.25) is 0 Å². The monoisotopic (exact) mass is 192 g/mol. The topological polar surface area (TPSA) is 17.1 Å². The van der Waals surface area contributed by atoms with Crippen LogP contribution in [0.3, 0.4) is 0 Å². The van der Waals surface area contributed by atoms with Crippen molar-refractivity contribution in [2.75, 3.05) is 0 Å². The Morgan fingerprint density at radius 1 is 1.43 bits per heavy atom. The number of ketones is 1. The van der Waals surface area contributed by atoms with E-state index in [-0.39, 0.29) is 23.4 Å². The fourth-order valence-corrected chi connectivity index (χ4v) is 2.36. The fraction of sp³-hybridized carbons (Fsp3) is 0.417. The number of hydrogen-bond acceptors (Lipinski definition) is 1.